The van der Waals surface area contributed by atoms with Gasteiger partial charge in [0.2, 0.25) is 0 Å². The lowest BCUT2D eigenvalue weighted by atomic mass is 10.1. The van der Waals surface area contributed by atoms with E-state index in [0.717, 1.165) is 11.1 Å². The average Bonchev–Trinajstić information content (AvgIpc) is 2.37. The Morgan fingerprint density at radius 3 is 2.68 bits per heavy atom. The van der Waals surface area contributed by atoms with Crippen LogP contribution in [-0.4, -0.2) is 5.91 Å². The monoisotopic (exact) mass is 274 g/mol. The van der Waals surface area contributed by atoms with Crippen LogP contribution >= 0.6 is 11.6 Å². The van der Waals surface area contributed by atoms with Crippen LogP contribution in [0.15, 0.2) is 36.4 Å². The van der Waals surface area contributed by atoms with Crippen LogP contribution in [0.1, 0.15) is 21.5 Å². The maximum absolute atomic E-state index is 12.2. The Hall–Kier alpha value is -2.00. The first-order valence-corrected chi connectivity index (χ1v) is 6.29. The van der Waals surface area contributed by atoms with Crippen molar-refractivity contribution in [3.8, 4) is 0 Å². The number of halogens is 1. The molecular weight excluding hydrogens is 260 g/mol. The van der Waals surface area contributed by atoms with Crippen molar-refractivity contribution in [1.82, 2.24) is 0 Å². The molecule has 0 radical (unpaired) electrons. The number of hydrogen-bond donors (Lipinski definition) is 2. The molecule has 19 heavy (non-hydrogen) atoms. The van der Waals surface area contributed by atoms with E-state index in [0.29, 0.717) is 22.0 Å². The first-order chi connectivity index (χ1) is 8.99. The smallest absolute Gasteiger partial charge is 0.256 e. The molecule has 0 bridgehead atoms. The van der Waals surface area contributed by atoms with Gasteiger partial charge in [0.1, 0.15) is 0 Å². The molecule has 4 heteroatoms. The van der Waals surface area contributed by atoms with Crippen LogP contribution in [0.2, 0.25) is 5.02 Å². The van der Waals surface area contributed by atoms with Crippen molar-refractivity contribution in [2.24, 2.45) is 0 Å². The first kappa shape index (κ1) is 13.4. The number of nitrogen functional groups attached to an aromatic ring is 1. The first-order valence-electron chi connectivity index (χ1n) is 5.91. The minimum Gasteiger partial charge on any atom is -0.398 e. The predicted molar refractivity (Wildman–Crippen MR) is 79.7 cm³/mol. The fourth-order valence-electron chi connectivity index (χ4n) is 1.82. The summed E-state index contributed by atoms with van der Waals surface area (Å²) < 4.78 is 0. The molecule has 0 aromatic heterocycles. The lowest BCUT2D eigenvalue weighted by Crippen LogP contribution is -2.14. The van der Waals surface area contributed by atoms with E-state index in [2.05, 4.69) is 5.32 Å². The minimum absolute atomic E-state index is 0.211. The van der Waals surface area contributed by atoms with Crippen molar-refractivity contribution in [2.75, 3.05) is 11.1 Å². The normalized spacial score (nSPS) is 10.3. The lowest BCUT2D eigenvalue weighted by molar-refractivity contribution is 0.102. The van der Waals surface area contributed by atoms with E-state index in [1.165, 1.54) is 0 Å². The van der Waals surface area contributed by atoms with Gasteiger partial charge in [-0.25, -0.2) is 0 Å². The molecule has 3 nitrogen and oxygen atoms in total. The Balaban J connectivity index is 2.31. The second kappa shape index (κ2) is 5.33. The molecule has 0 heterocycles. The topological polar surface area (TPSA) is 55.1 Å². The van der Waals surface area contributed by atoms with Gasteiger partial charge in [0.25, 0.3) is 5.91 Å². The standard InChI is InChI=1S/C15H15ClN2O/c1-9-6-7-12(16)14(8-9)18-15(19)11-4-3-5-13(17)10(11)2/h3-8H,17H2,1-2H3,(H,18,19). The van der Waals surface area contributed by atoms with E-state index in [9.17, 15) is 4.79 Å². The fourth-order valence-corrected chi connectivity index (χ4v) is 1.99. The van der Waals surface area contributed by atoms with Crippen LogP contribution < -0.4 is 11.1 Å². The molecule has 0 aliphatic rings. The number of hydrogen-bond acceptors (Lipinski definition) is 2. The summed E-state index contributed by atoms with van der Waals surface area (Å²) in [6.07, 6.45) is 0. The van der Waals surface area contributed by atoms with E-state index in [-0.39, 0.29) is 5.91 Å². The van der Waals surface area contributed by atoms with Gasteiger partial charge in [-0.1, -0.05) is 23.7 Å². The van der Waals surface area contributed by atoms with Crippen molar-refractivity contribution in [3.63, 3.8) is 0 Å². The van der Waals surface area contributed by atoms with Gasteiger partial charge in [-0.15, -0.1) is 0 Å². The summed E-state index contributed by atoms with van der Waals surface area (Å²) in [5.41, 5.74) is 9.36. The zero-order chi connectivity index (χ0) is 14.0. The third-order valence-corrected chi connectivity index (χ3v) is 3.32. The quantitative estimate of drug-likeness (QED) is 0.819. The van der Waals surface area contributed by atoms with Crippen molar-refractivity contribution in [3.05, 3.63) is 58.1 Å². The van der Waals surface area contributed by atoms with Gasteiger partial charge < -0.3 is 11.1 Å². The number of benzene rings is 2. The van der Waals surface area contributed by atoms with E-state index < -0.39 is 0 Å². The number of nitrogens with two attached hydrogens (primary N) is 1. The third kappa shape index (κ3) is 2.88. The van der Waals surface area contributed by atoms with E-state index in [4.69, 9.17) is 17.3 Å². The highest BCUT2D eigenvalue weighted by atomic mass is 35.5. The predicted octanol–water partition coefficient (Wildman–Crippen LogP) is 3.79. The molecule has 0 saturated heterocycles. The van der Waals surface area contributed by atoms with Crippen LogP contribution in [-0.2, 0) is 0 Å². The van der Waals surface area contributed by atoms with Gasteiger partial charge >= 0.3 is 0 Å². The maximum Gasteiger partial charge on any atom is 0.256 e. The zero-order valence-electron chi connectivity index (χ0n) is 10.8. The Morgan fingerprint density at radius 1 is 1.21 bits per heavy atom. The molecule has 0 saturated carbocycles. The van der Waals surface area contributed by atoms with Gasteiger partial charge in [-0.05, 0) is 49.2 Å². The molecule has 0 unspecified atom stereocenters. The van der Waals surface area contributed by atoms with Crippen molar-refractivity contribution >= 4 is 28.9 Å². The lowest BCUT2D eigenvalue weighted by Gasteiger charge is -2.11. The number of carbonyl (C=O) groups excluding carboxylic acids is 1. The van der Waals surface area contributed by atoms with E-state index in [1.807, 2.05) is 26.0 Å². The SMILES string of the molecule is Cc1ccc(Cl)c(NC(=O)c2cccc(N)c2C)c1. The molecule has 3 N–H and O–H groups in total. The number of nitrogens with one attached hydrogen (secondary N) is 1. The molecule has 0 spiro atoms. The number of amides is 1. The summed E-state index contributed by atoms with van der Waals surface area (Å²) >= 11 is 6.06. The summed E-state index contributed by atoms with van der Waals surface area (Å²) in [5.74, 6) is -0.211. The summed E-state index contributed by atoms with van der Waals surface area (Å²) in [7, 11) is 0. The van der Waals surface area contributed by atoms with Gasteiger partial charge in [0.15, 0.2) is 0 Å². The number of aryl methyl sites for hydroxylation is 1. The molecular formula is C15H15ClN2O. The molecule has 2 aromatic carbocycles. The van der Waals surface area contributed by atoms with Crippen molar-refractivity contribution < 1.29 is 4.79 Å². The Morgan fingerprint density at radius 2 is 1.95 bits per heavy atom. The molecule has 2 rings (SSSR count). The van der Waals surface area contributed by atoms with Crippen molar-refractivity contribution in [1.29, 1.82) is 0 Å². The Kier molecular flexibility index (Phi) is 3.76. The average molecular weight is 275 g/mol. The number of rotatable bonds is 2. The molecule has 0 fully saturated rings. The molecule has 0 atom stereocenters. The largest absolute Gasteiger partial charge is 0.398 e. The summed E-state index contributed by atoms with van der Waals surface area (Å²) in [6, 6.07) is 10.8. The highest BCUT2D eigenvalue weighted by molar-refractivity contribution is 6.34. The van der Waals surface area contributed by atoms with Gasteiger partial charge in [-0.2, -0.15) is 0 Å². The zero-order valence-corrected chi connectivity index (χ0v) is 11.6. The molecule has 1 amide bonds. The second-order valence-corrected chi connectivity index (χ2v) is 4.86. The minimum atomic E-state index is -0.211. The molecule has 0 aliphatic carbocycles. The van der Waals surface area contributed by atoms with E-state index >= 15 is 0 Å². The summed E-state index contributed by atoms with van der Waals surface area (Å²) in [5, 5.41) is 3.32. The van der Waals surface area contributed by atoms with Crippen LogP contribution in [0.4, 0.5) is 11.4 Å². The van der Waals surface area contributed by atoms with Gasteiger partial charge in [0.05, 0.1) is 10.7 Å². The highest BCUT2D eigenvalue weighted by Crippen LogP contribution is 2.24. The molecule has 2 aromatic rings. The van der Waals surface area contributed by atoms with Crippen LogP contribution in [0.3, 0.4) is 0 Å². The van der Waals surface area contributed by atoms with E-state index in [1.54, 1.807) is 24.3 Å². The summed E-state index contributed by atoms with van der Waals surface area (Å²) in [6.45, 7) is 3.76. The Labute approximate surface area is 117 Å². The Bertz CT molecular complexity index is 638. The molecule has 98 valence electrons. The van der Waals surface area contributed by atoms with Crippen LogP contribution in [0.25, 0.3) is 0 Å². The van der Waals surface area contributed by atoms with Gasteiger partial charge in [0, 0.05) is 11.3 Å². The van der Waals surface area contributed by atoms with Gasteiger partial charge in [-0.3, -0.25) is 4.79 Å². The maximum atomic E-state index is 12.2. The molecule has 0 aliphatic heterocycles. The van der Waals surface area contributed by atoms with Crippen LogP contribution in [0.5, 0.6) is 0 Å². The highest BCUT2D eigenvalue weighted by Gasteiger charge is 2.12. The van der Waals surface area contributed by atoms with Crippen molar-refractivity contribution in [2.45, 2.75) is 13.8 Å². The fraction of sp³-hybridized carbons (Fsp3) is 0.133. The van der Waals surface area contributed by atoms with Crippen LogP contribution in [0, 0.1) is 13.8 Å². The third-order valence-electron chi connectivity index (χ3n) is 2.99. The number of anilines is 2. The summed E-state index contributed by atoms with van der Waals surface area (Å²) in [4.78, 5) is 12.2. The number of carbonyl (C=O) groups is 1. The second-order valence-electron chi connectivity index (χ2n) is 4.46.